The van der Waals surface area contributed by atoms with Gasteiger partial charge in [-0.25, -0.2) is 0 Å². The van der Waals surface area contributed by atoms with Gasteiger partial charge in [0.2, 0.25) is 0 Å². The summed E-state index contributed by atoms with van der Waals surface area (Å²) in [4.78, 5) is 0. The van der Waals surface area contributed by atoms with E-state index in [2.05, 4.69) is 18.3 Å². The molecule has 2 atom stereocenters. The fourth-order valence-corrected chi connectivity index (χ4v) is 2.87. The van der Waals surface area contributed by atoms with E-state index in [9.17, 15) is 0 Å². The van der Waals surface area contributed by atoms with Gasteiger partial charge in [-0.2, -0.15) is 0 Å². The second-order valence-corrected chi connectivity index (χ2v) is 4.90. The van der Waals surface area contributed by atoms with Crippen molar-refractivity contribution in [2.24, 2.45) is 5.92 Å². The number of nitrogens with one attached hydrogen (secondary N) is 1. The maximum absolute atomic E-state index is 5.16. The quantitative estimate of drug-likeness (QED) is 0.788. The highest BCUT2D eigenvalue weighted by Gasteiger charge is 2.23. The lowest BCUT2D eigenvalue weighted by atomic mass is 9.89. The molecule has 2 heteroatoms. The van der Waals surface area contributed by atoms with Crippen LogP contribution in [-0.4, -0.2) is 12.6 Å². The van der Waals surface area contributed by atoms with Gasteiger partial charge >= 0.3 is 0 Å². The molecule has 16 heavy (non-hydrogen) atoms. The van der Waals surface area contributed by atoms with Crippen molar-refractivity contribution >= 4 is 0 Å². The Morgan fingerprint density at radius 2 is 2.19 bits per heavy atom. The summed E-state index contributed by atoms with van der Waals surface area (Å²) in [6, 6.07) is 2.82. The predicted octanol–water partition coefficient (Wildman–Crippen LogP) is 3.38. The molecule has 0 aliphatic heterocycles. The van der Waals surface area contributed by atoms with Gasteiger partial charge in [-0.05, 0) is 43.4 Å². The summed E-state index contributed by atoms with van der Waals surface area (Å²) in [5.74, 6) is 0.792. The Labute approximate surface area is 98.4 Å². The molecule has 90 valence electrons. The first-order chi connectivity index (χ1) is 7.90. The average Bonchev–Trinajstić information content (AvgIpc) is 2.69. The largest absolute Gasteiger partial charge is 0.472 e. The maximum Gasteiger partial charge on any atom is 0.0934 e. The van der Waals surface area contributed by atoms with Crippen LogP contribution in [0, 0.1) is 5.92 Å². The summed E-state index contributed by atoms with van der Waals surface area (Å²) in [6.45, 7) is 3.30. The minimum atomic E-state index is 0.711. The minimum Gasteiger partial charge on any atom is -0.472 e. The molecule has 1 aliphatic carbocycles. The van der Waals surface area contributed by atoms with Crippen molar-refractivity contribution in [3.05, 3.63) is 24.2 Å². The third-order valence-corrected chi connectivity index (χ3v) is 3.70. The summed E-state index contributed by atoms with van der Waals surface area (Å²) >= 11 is 0. The van der Waals surface area contributed by atoms with Crippen LogP contribution in [0.15, 0.2) is 23.0 Å². The fourth-order valence-electron chi connectivity index (χ4n) is 2.87. The molecule has 1 aromatic rings. The number of furan rings is 1. The van der Waals surface area contributed by atoms with E-state index in [-0.39, 0.29) is 0 Å². The molecular weight excluding hydrogens is 198 g/mol. The SMILES string of the molecule is CCNC1CCCCCC1Cc1ccoc1. The van der Waals surface area contributed by atoms with Crippen LogP contribution in [0.3, 0.4) is 0 Å². The van der Waals surface area contributed by atoms with Crippen LogP contribution in [-0.2, 0) is 6.42 Å². The van der Waals surface area contributed by atoms with Gasteiger partial charge in [0.15, 0.2) is 0 Å². The zero-order valence-corrected chi connectivity index (χ0v) is 10.2. The molecule has 1 fully saturated rings. The van der Waals surface area contributed by atoms with Crippen molar-refractivity contribution in [3.8, 4) is 0 Å². The molecule has 2 unspecified atom stereocenters. The Hall–Kier alpha value is -0.760. The van der Waals surface area contributed by atoms with Crippen LogP contribution >= 0.6 is 0 Å². The monoisotopic (exact) mass is 221 g/mol. The highest BCUT2D eigenvalue weighted by atomic mass is 16.3. The summed E-state index contributed by atoms with van der Waals surface area (Å²) in [5, 5.41) is 3.66. The van der Waals surface area contributed by atoms with Gasteiger partial charge in [0, 0.05) is 6.04 Å². The van der Waals surface area contributed by atoms with E-state index in [4.69, 9.17) is 4.42 Å². The first-order valence-corrected chi connectivity index (χ1v) is 6.64. The van der Waals surface area contributed by atoms with Gasteiger partial charge < -0.3 is 9.73 Å². The molecule has 0 spiro atoms. The van der Waals surface area contributed by atoms with E-state index in [0.29, 0.717) is 6.04 Å². The minimum absolute atomic E-state index is 0.711. The Morgan fingerprint density at radius 1 is 1.31 bits per heavy atom. The second-order valence-electron chi connectivity index (χ2n) is 4.90. The van der Waals surface area contributed by atoms with Crippen molar-refractivity contribution in [3.63, 3.8) is 0 Å². The molecule has 1 aliphatic rings. The number of hydrogen-bond donors (Lipinski definition) is 1. The molecule has 1 aromatic heterocycles. The van der Waals surface area contributed by atoms with Gasteiger partial charge in [0.05, 0.1) is 12.5 Å². The van der Waals surface area contributed by atoms with Gasteiger partial charge in [-0.1, -0.05) is 26.2 Å². The van der Waals surface area contributed by atoms with Crippen LogP contribution in [0.4, 0.5) is 0 Å². The maximum atomic E-state index is 5.16. The van der Waals surface area contributed by atoms with E-state index in [1.54, 1.807) is 6.26 Å². The third kappa shape index (κ3) is 3.11. The summed E-state index contributed by atoms with van der Waals surface area (Å²) in [6.07, 6.45) is 11.8. The molecule has 0 amide bonds. The van der Waals surface area contributed by atoms with E-state index in [0.717, 1.165) is 12.5 Å². The Kier molecular flexibility index (Phi) is 4.46. The molecule has 1 heterocycles. The molecule has 1 N–H and O–H groups in total. The highest BCUT2D eigenvalue weighted by Crippen LogP contribution is 2.26. The molecule has 1 saturated carbocycles. The zero-order chi connectivity index (χ0) is 11.2. The van der Waals surface area contributed by atoms with Crippen LogP contribution in [0.1, 0.15) is 44.6 Å². The summed E-state index contributed by atoms with van der Waals surface area (Å²) in [5.41, 5.74) is 1.36. The standard InChI is InChI=1S/C14H23NO/c1-2-15-14-7-5-3-4-6-13(14)10-12-8-9-16-11-12/h8-9,11,13-15H,2-7,10H2,1H3. The van der Waals surface area contributed by atoms with Crippen LogP contribution in [0.25, 0.3) is 0 Å². The molecule has 0 aromatic carbocycles. The zero-order valence-electron chi connectivity index (χ0n) is 10.2. The van der Waals surface area contributed by atoms with Crippen molar-refractivity contribution in [2.75, 3.05) is 6.54 Å². The molecule has 0 bridgehead atoms. The van der Waals surface area contributed by atoms with Gasteiger partial charge in [0.25, 0.3) is 0 Å². The third-order valence-electron chi connectivity index (χ3n) is 3.70. The van der Waals surface area contributed by atoms with Gasteiger partial charge in [-0.15, -0.1) is 0 Å². The normalized spacial score (nSPS) is 26.6. The van der Waals surface area contributed by atoms with Gasteiger partial charge in [-0.3, -0.25) is 0 Å². The Morgan fingerprint density at radius 3 is 2.94 bits per heavy atom. The average molecular weight is 221 g/mol. The smallest absolute Gasteiger partial charge is 0.0934 e. The highest BCUT2D eigenvalue weighted by molar-refractivity contribution is 5.07. The lowest BCUT2D eigenvalue weighted by Gasteiger charge is -2.25. The summed E-state index contributed by atoms with van der Waals surface area (Å²) < 4.78 is 5.16. The second kappa shape index (κ2) is 6.09. The predicted molar refractivity (Wildman–Crippen MR) is 66.5 cm³/mol. The van der Waals surface area contributed by atoms with E-state index in [1.807, 2.05) is 6.26 Å². The number of hydrogen-bond acceptors (Lipinski definition) is 2. The van der Waals surface area contributed by atoms with Crippen LogP contribution < -0.4 is 5.32 Å². The topological polar surface area (TPSA) is 25.2 Å². The molecule has 2 rings (SSSR count). The lowest BCUT2D eigenvalue weighted by molar-refractivity contribution is 0.336. The Balaban J connectivity index is 1.96. The van der Waals surface area contributed by atoms with Crippen molar-refractivity contribution in [1.82, 2.24) is 5.32 Å². The van der Waals surface area contributed by atoms with E-state index in [1.165, 1.54) is 44.1 Å². The number of rotatable bonds is 4. The van der Waals surface area contributed by atoms with Crippen LogP contribution in [0.2, 0.25) is 0 Å². The first kappa shape index (κ1) is 11.7. The summed E-state index contributed by atoms with van der Waals surface area (Å²) in [7, 11) is 0. The molecule has 0 radical (unpaired) electrons. The lowest BCUT2D eigenvalue weighted by Crippen LogP contribution is -2.36. The van der Waals surface area contributed by atoms with E-state index < -0.39 is 0 Å². The van der Waals surface area contributed by atoms with Crippen molar-refractivity contribution < 1.29 is 4.42 Å². The van der Waals surface area contributed by atoms with Crippen LogP contribution in [0.5, 0.6) is 0 Å². The first-order valence-electron chi connectivity index (χ1n) is 6.64. The van der Waals surface area contributed by atoms with Gasteiger partial charge in [0.1, 0.15) is 0 Å². The van der Waals surface area contributed by atoms with Crippen molar-refractivity contribution in [1.29, 1.82) is 0 Å². The molecule has 2 nitrogen and oxygen atoms in total. The van der Waals surface area contributed by atoms with Crippen molar-refractivity contribution in [2.45, 2.75) is 51.5 Å². The fraction of sp³-hybridized carbons (Fsp3) is 0.714. The Bertz CT molecular complexity index is 281. The molecular formula is C14H23NO. The van der Waals surface area contributed by atoms with E-state index >= 15 is 0 Å². The molecule has 0 saturated heterocycles.